The number of halogens is 1. The van der Waals surface area contributed by atoms with Gasteiger partial charge in [0.15, 0.2) is 0 Å². The molecular formula is C11H12BrN3S. The molecule has 0 bridgehead atoms. The van der Waals surface area contributed by atoms with Gasteiger partial charge in [0.25, 0.3) is 0 Å². The van der Waals surface area contributed by atoms with E-state index in [9.17, 15) is 0 Å². The van der Waals surface area contributed by atoms with Crippen LogP contribution in [0.2, 0.25) is 0 Å². The van der Waals surface area contributed by atoms with Gasteiger partial charge in [0.1, 0.15) is 10.8 Å². The van der Waals surface area contributed by atoms with Crippen LogP contribution in [0.1, 0.15) is 23.7 Å². The highest BCUT2D eigenvalue weighted by Crippen LogP contribution is 2.26. The third-order valence-electron chi connectivity index (χ3n) is 2.12. The van der Waals surface area contributed by atoms with Crippen molar-refractivity contribution >= 4 is 33.1 Å². The molecule has 0 radical (unpaired) electrons. The Bertz CT molecular complexity index is 484. The Morgan fingerprint density at radius 3 is 2.88 bits per heavy atom. The summed E-state index contributed by atoms with van der Waals surface area (Å²) in [4.78, 5) is 8.72. The zero-order valence-electron chi connectivity index (χ0n) is 9.07. The van der Waals surface area contributed by atoms with Crippen molar-refractivity contribution in [1.82, 2.24) is 9.97 Å². The lowest BCUT2D eigenvalue weighted by Gasteiger charge is -2.11. The average molecular weight is 298 g/mol. The Kier molecular flexibility index (Phi) is 3.56. The number of rotatable bonds is 3. The predicted octanol–water partition coefficient (Wildman–Crippen LogP) is 3.78. The lowest BCUT2D eigenvalue weighted by Crippen LogP contribution is -2.07. The van der Waals surface area contributed by atoms with Crippen molar-refractivity contribution < 1.29 is 0 Å². The van der Waals surface area contributed by atoms with Crippen LogP contribution in [0.15, 0.2) is 28.2 Å². The van der Waals surface area contributed by atoms with Gasteiger partial charge >= 0.3 is 0 Å². The van der Waals surface area contributed by atoms with Gasteiger partial charge in [-0.25, -0.2) is 9.97 Å². The number of nitrogens with zero attached hydrogens (tertiary/aromatic N) is 2. The molecule has 2 aromatic rings. The third kappa shape index (κ3) is 2.80. The van der Waals surface area contributed by atoms with E-state index in [-0.39, 0.29) is 6.04 Å². The molecule has 1 unspecified atom stereocenters. The van der Waals surface area contributed by atoms with Crippen LogP contribution >= 0.6 is 27.3 Å². The van der Waals surface area contributed by atoms with Gasteiger partial charge in [-0.15, -0.1) is 11.3 Å². The van der Waals surface area contributed by atoms with E-state index in [1.807, 2.05) is 31.3 Å². The number of nitrogens with one attached hydrogen (secondary N) is 1. The summed E-state index contributed by atoms with van der Waals surface area (Å²) in [6.45, 7) is 4.06. The summed E-state index contributed by atoms with van der Waals surface area (Å²) >= 11 is 5.04. The molecule has 0 aliphatic carbocycles. The van der Waals surface area contributed by atoms with E-state index < -0.39 is 0 Å². The Balaban J connectivity index is 2.10. The molecule has 0 spiro atoms. The number of hydrogen-bond acceptors (Lipinski definition) is 4. The van der Waals surface area contributed by atoms with Gasteiger partial charge < -0.3 is 5.32 Å². The SMILES string of the molecule is Cc1cccc(NC(C)c2ncc(Br)s2)n1. The second kappa shape index (κ2) is 4.93. The number of pyridine rings is 1. The zero-order chi connectivity index (χ0) is 11.5. The minimum Gasteiger partial charge on any atom is -0.361 e. The Hall–Kier alpha value is -0.940. The molecule has 0 saturated heterocycles. The van der Waals surface area contributed by atoms with Gasteiger partial charge in [-0.2, -0.15) is 0 Å². The molecule has 1 atom stereocenters. The fourth-order valence-electron chi connectivity index (χ4n) is 1.37. The maximum atomic E-state index is 4.40. The van der Waals surface area contributed by atoms with Crippen molar-refractivity contribution in [3.8, 4) is 0 Å². The first-order chi connectivity index (χ1) is 7.65. The quantitative estimate of drug-likeness (QED) is 0.937. The molecule has 3 nitrogen and oxygen atoms in total. The largest absolute Gasteiger partial charge is 0.361 e. The third-order valence-corrected chi connectivity index (χ3v) is 3.78. The minimum atomic E-state index is 0.172. The molecule has 5 heteroatoms. The summed E-state index contributed by atoms with van der Waals surface area (Å²) in [5.41, 5.74) is 1.01. The summed E-state index contributed by atoms with van der Waals surface area (Å²) in [5.74, 6) is 0.888. The molecule has 16 heavy (non-hydrogen) atoms. The van der Waals surface area contributed by atoms with E-state index in [4.69, 9.17) is 0 Å². The first kappa shape index (κ1) is 11.5. The normalized spacial score (nSPS) is 12.4. The fraction of sp³-hybridized carbons (Fsp3) is 0.273. The predicted molar refractivity (Wildman–Crippen MR) is 70.8 cm³/mol. The molecule has 2 rings (SSSR count). The summed E-state index contributed by atoms with van der Waals surface area (Å²) in [5, 5.41) is 4.38. The molecule has 0 amide bonds. The van der Waals surface area contributed by atoms with Crippen molar-refractivity contribution in [2.45, 2.75) is 19.9 Å². The molecule has 84 valence electrons. The van der Waals surface area contributed by atoms with Crippen LogP contribution in [0, 0.1) is 6.92 Å². The van der Waals surface area contributed by atoms with Crippen LogP contribution in [0.3, 0.4) is 0 Å². The van der Waals surface area contributed by atoms with E-state index in [2.05, 4.69) is 38.1 Å². The number of aromatic nitrogens is 2. The van der Waals surface area contributed by atoms with Crippen LogP contribution in [-0.2, 0) is 0 Å². The molecule has 0 saturated carbocycles. The highest BCUT2D eigenvalue weighted by molar-refractivity contribution is 9.11. The molecular weight excluding hydrogens is 286 g/mol. The average Bonchev–Trinajstić information content (AvgIpc) is 2.65. The monoisotopic (exact) mass is 297 g/mol. The molecule has 2 aromatic heterocycles. The summed E-state index contributed by atoms with van der Waals surface area (Å²) in [6.07, 6.45) is 1.82. The fourth-order valence-corrected chi connectivity index (χ4v) is 2.62. The zero-order valence-corrected chi connectivity index (χ0v) is 11.5. The van der Waals surface area contributed by atoms with Crippen LogP contribution in [0.4, 0.5) is 5.82 Å². The second-order valence-electron chi connectivity index (χ2n) is 3.53. The van der Waals surface area contributed by atoms with Crippen molar-refractivity contribution in [2.75, 3.05) is 5.32 Å². The molecule has 2 heterocycles. The molecule has 0 aliphatic heterocycles. The highest BCUT2D eigenvalue weighted by atomic mass is 79.9. The van der Waals surface area contributed by atoms with Crippen molar-refractivity contribution in [2.24, 2.45) is 0 Å². The van der Waals surface area contributed by atoms with Gasteiger partial charge in [-0.05, 0) is 41.9 Å². The van der Waals surface area contributed by atoms with Crippen LogP contribution < -0.4 is 5.32 Å². The first-order valence-corrected chi connectivity index (χ1v) is 6.57. The Morgan fingerprint density at radius 1 is 1.44 bits per heavy atom. The summed E-state index contributed by atoms with van der Waals surface area (Å²) in [7, 11) is 0. The molecule has 1 N–H and O–H groups in total. The van der Waals surface area contributed by atoms with E-state index in [1.165, 1.54) is 0 Å². The Morgan fingerprint density at radius 2 is 2.25 bits per heavy atom. The first-order valence-electron chi connectivity index (χ1n) is 4.96. The van der Waals surface area contributed by atoms with Crippen LogP contribution in [0.25, 0.3) is 0 Å². The van der Waals surface area contributed by atoms with Crippen molar-refractivity contribution in [1.29, 1.82) is 0 Å². The van der Waals surface area contributed by atoms with Crippen LogP contribution in [0.5, 0.6) is 0 Å². The topological polar surface area (TPSA) is 37.8 Å². The maximum absolute atomic E-state index is 4.40. The Labute approximate surface area is 107 Å². The van der Waals surface area contributed by atoms with Crippen LogP contribution in [-0.4, -0.2) is 9.97 Å². The maximum Gasteiger partial charge on any atom is 0.126 e. The number of aryl methyl sites for hydroxylation is 1. The lowest BCUT2D eigenvalue weighted by molar-refractivity contribution is 0.859. The highest BCUT2D eigenvalue weighted by Gasteiger charge is 2.09. The molecule has 0 fully saturated rings. The van der Waals surface area contributed by atoms with Crippen molar-refractivity contribution in [3.05, 3.63) is 38.9 Å². The van der Waals surface area contributed by atoms with E-state index in [1.54, 1.807) is 11.3 Å². The van der Waals surface area contributed by atoms with E-state index in [0.29, 0.717) is 0 Å². The van der Waals surface area contributed by atoms with Crippen molar-refractivity contribution in [3.63, 3.8) is 0 Å². The van der Waals surface area contributed by atoms with Gasteiger partial charge in [0.2, 0.25) is 0 Å². The van der Waals surface area contributed by atoms with Gasteiger partial charge in [0.05, 0.1) is 16.0 Å². The molecule has 0 aliphatic rings. The summed E-state index contributed by atoms with van der Waals surface area (Å²) in [6, 6.07) is 6.11. The summed E-state index contributed by atoms with van der Waals surface area (Å²) < 4.78 is 1.05. The second-order valence-corrected chi connectivity index (χ2v) is 5.97. The smallest absolute Gasteiger partial charge is 0.126 e. The number of hydrogen-bond donors (Lipinski definition) is 1. The minimum absolute atomic E-state index is 0.172. The lowest BCUT2D eigenvalue weighted by atomic mass is 10.3. The molecule has 0 aromatic carbocycles. The van der Waals surface area contributed by atoms with E-state index >= 15 is 0 Å². The number of thiazole rings is 1. The van der Waals surface area contributed by atoms with Gasteiger partial charge in [0, 0.05) is 5.69 Å². The van der Waals surface area contributed by atoms with Gasteiger partial charge in [-0.1, -0.05) is 6.07 Å². The van der Waals surface area contributed by atoms with E-state index in [0.717, 1.165) is 20.3 Å². The van der Waals surface area contributed by atoms with Gasteiger partial charge in [-0.3, -0.25) is 0 Å². The standard InChI is InChI=1S/C11H12BrN3S/c1-7-4-3-5-10(14-7)15-8(2)11-13-6-9(12)16-11/h3-6,8H,1-2H3,(H,14,15). The number of anilines is 1.